The van der Waals surface area contributed by atoms with Gasteiger partial charge in [-0.15, -0.1) is 0 Å². The number of amides is 2. The first-order valence-corrected chi connectivity index (χ1v) is 10.9. The fourth-order valence-corrected chi connectivity index (χ4v) is 4.53. The molecule has 4 rings (SSSR count). The molecule has 1 aromatic heterocycles. The van der Waals surface area contributed by atoms with Crippen LogP contribution < -0.4 is 10.2 Å². The number of anilines is 1. The van der Waals surface area contributed by atoms with E-state index in [0.29, 0.717) is 11.4 Å². The SMILES string of the molecule is O=C(CN1C(=O)/C(=C\c2cccc(Br)c2)Sc2ccccc21)NCc1ccccn1. The van der Waals surface area contributed by atoms with Crippen LogP contribution in [-0.4, -0.2) is 23.3 Å². The molecular weight excluding hydrogens is 462 g/mol. The molecule has 1 aliphatic rings. The van der Waals surface area contributed by atoms with Crippen LogP contribution in [0.2, 0.25) is 0 Å². The molecule has 2 amide bonds. The van der Waals surface area contributed by atoms with Gasteiger partial charge in [-0.3, -0.25) is 19.5 Å². The Kier molecular flexibility index (Phi) is 6.30. The number of nitrogens with one attached hydrogen (secondary N) is 1. The number of halogens is 1. The predicted octanol–water partition coefficient (Wildman–Crippen LogP) is 4.64. The van der Waals surface area contributed by atoms with Crippen molar-refractivity contribution in [2.45, 2.75) is 11.4 Å². The summed E-state index contributed by atoms with van der Waals surface area (Å²) in [5.74, 6) is -0.427. The molecule has 2 aromatic carbocycles. The van der Waals surface area contributed by atoms with Gasteiger partial charge in [0.2, 0.25) is 5.91 Å². The number of nitrogens with zero attached hydrogens (tertiary/aromatic N) is 2. The summed E-state index contributed by atoms with van der Waals surface area (Å²) in [5, 5.41) is 2.84. The first kappa shape index (κ1) is 20.4. The Morgan fingerprint density at radius 3 is 2.73 bits per heavy atom. The van der Waals surface area contributed by atoms with Crippen LogP contribution in [0.5, 0.6) is 0 Å². The van der Waals surface area contributed by atoms with E-state index in [1.54, 1.807) is 6.20 Å². The smallest absolute Gasteiger partial charge is 0.265 e. The summed E-state index contributed by atoms with van der Waals surface area (Å²) in [6.45, 7) is 0.262. The normalized spacial score (nSPS) is 14.5. The Morgan fingerprint density at radius 1 is 1.10 bits per heavy atom. The molecule has 0 saturated heterocycles. The van der Waals surface area contributed by atoms with Crippen LogP contribution in [0.3, 0.4) is 0 Å². The van der Waals surface area contributed by atoms with Gasteiger partial charge < -0.3 is 5.32 Å². The van der Waals surface area contributed by atoms with Crippen molar-refractivity contribution < 1.29 is 9.59 Å². The standard InChI is InChI=1S/C23H18BrN3O2S/c24-17-7-5-6-16(12-17)13-21-23(29)27(19-9-1-2-10-20(19)30-21)15-22(28)26-14-18-8-3-4-11-25-18/h1-13H,14-15H2,(H,26,28)/b21-13+. The zero-order valence-electron chi connectivity index (χ0n) is 15.9. The van der Waals surface area contributed by atoms with Crippen molar-refractivity contribution in [2.75, 3.05) is 11.4 Å². The van der Waals surface area contributed by atoms with Gasteiger partial charge in [-0.1, -0.05) is 58.0 Å². The van der Waals surface area contributed by atoms with E-state index in [9.17, 15) is 9.59 Å². The highest BCUT2D eigenvalue weighted by atomic mass is 79.9. The molecule has 30 heavy (non-hydrogen) atoms. The second-order valence-electron chi connectivity index (χ2n) is 6.62. The maximum Gasteiger partial charge on any atom is 0.265 e. The summed E-state index contributed by atoms with van der Waals surface area (Å²) >= 11 is 4.88. The highest BCUT2D eigenvalue weighted by Crippen LogP contribution is 2.41. The zero-order chi connectivity index (χ0) is 20.9. The van der Waals surface area contributed by atoms with E-state index >= 15 is 0 Å². The fraction of sp³-hybridized carbons (Fsp3) is 0.0870. The molecule has 0 bridgehead atoms. The molecule has 2 heterocycles. The zero-order valence-corrected chi connectivity index (χ0v) is 18.3. The van der Waals surface area contributed by atoms with Crippen LogP contribution in [0.4, 0.5) is 5.69 Å². The molecular formula is C23H18BrN3O2S. The molecule has 0 saturated carbocycles. The van der Waals surface area contributed by atoms with Crippen molar-refractivity contribution in [3.63, 3.8) is 0 Å². The van der Waals surface area contributed by atoms with Crippen molar-refractivity contribution in [3.05, 3.63) is 93.6 Å². The van der Waals surface area contributed by atoms with Crippen LogP contribution in [0, 0.1) is 0 Å². The Bertz CT molecular complexity index is 1120. The van der Waals surface area contributed by atoms with Crippen LogP contribution in [0.25, 0.3) is 6.08 Å². The topological polar surface area (TPSA) is 62.3 Å². The third-order valence-electron chi connectivity index (χ3n) is 4.47. The largest absolute Gasteiger partial charge is 0.349 e. The Labute approximate surface area is 187 Å². The molecule has 1 N–H and O–H groups in total. The van der Waals surface area contributed by atoms with E-state index in [1.165, 1.54) is 16.7 Å². The maximum absolute atomic E-state index is 13.2. The second-order valence-corrected chi connectivity index (χ2v) is 8.62. The number of rotatable bonds is 5. The molecule has 1 aliphatic heterocycles. The minimum Gasteiger partial charge on any atom is -0.349 e. The summed E-state index contributed by atoms with van der Waals surface area (Å²) < 4.78 is 0.941. The first-order chi connectivity index (χ1) is 14.6. The van der Waals surface area contributed by atoms with E-state index in [-0.39, 0.29) is 18.4 Å². The number of para-hydroxylation sites is 1. The Balaban J connectivity index is 1.56. The van der Waals surface area contributed by atoms with Crippen molar-refractivity contribution in [1.82, 2.24) is 10.3 Å². The average molecular weight is 480 g/mol. The molecule has 0 unspecified atom stereocenters. The van der Waals surface area contributed by atoms with Gasteiger partial charge in [0.15, 0.2) is 0 Å². The number of hydrogen-bond acceptors (Lipinski definition) is 4. The highest BCUT2D eigenvalue weighted by molar-refractivity contribution is 9.10. The van der Waals surface area contributed by atoms with E-state index < -0.39 is 0 Å². The Morgan fingerprint density at radius 2 is 1.93 bits per heavy atom. The molecule has 150 valence electrons. The minimum atomic E-state index is -0.238. The van der Waals surface area contributed by atoms with E-state index in [0.717, 1.165) is 26.3 Å². The maximum atomic E-state index is 13.2. The molecule has 0 aliphatic carbocycles. The predicted molar refractivity (Wildman–Crippen MR) is 123 cm³/mol. The number of aromatic nitrogens is 1. The monoisotopic (exact) mass is 479 g/mol. The Hall–Kier alpha value is -2.90. The second kappa shape index (κ2) is 9.28. The van der Waals surface area contributed by atoms with Crippen molar-refractivity contribution in [2.24, 2.45) is 0 Å². The number of thioether (sulfide) groups is 1. The number of carbonyl (C=O) groups excluding carboxylic acids is 2. The number of hydrogen-bond donors (Lipinski definition) is 1. The highest BCUT2D eigenvalue weighted by Gasteiger charge is 2.30. The minimum absolute atomic E-state index is 0.0565. The lowest BCUT2D eigenvalue weighted by Crippen LogP contribution is -2.42. The van der Waals surface area contributed by atoms with Gasteiger partial charge in [0, 0.05) is 15.6 Å². The van der Waals surface area contributed by atoms with Gasteiger partial charge in [-0.05, 0) is 48.0 Å². The molecule has 0 fully saturated rings. The summed E-state index contributed by atoms with van der Waals surface area (Å²) in [7, 11) is 0. The van der Waals surface area contributed by atoms with Crippen molar-refractivity contribution in [1.29, 1.82) is 0 Å². The van der Waals surface area contributed by atoms with Crippen molar-refractivity contribution >= 4 is 51.3 Å². The number of benzene rings is 2. The number of fused-ring (bicyclic) bond motifs is 1. The van der Waals surface area contributed by atoms with E-state index in [2.05, 4.69) is 26.2 Å². The molecule has 0 radical (unpaired) electrons. The van der Waals surface area contributed by atoms with Crippen LogP contribution in [0.15, 0.2) is 87.2 Å². The van der Waals surface area contributed by atoms with Gasteiger partial charge in [-0.2, -0.15) is 0 Å². The number of carbonyl (C=O) groups is 2. The molecule has 0 atom stereocenters. The van der Waals surface area contributed by atoms with Crippen LogP contribution >= 0.6 is 27.7 Å². The number of pyridine rings is 1. The van der Waals surface area contributed by atoms with Gasteiger partial charge >= 0.3 is 0 Å². The summed E-state index contributed by atoms with van der Waals surface area (Å²) in [6, 6.07) is 20.9. The van der Waals surface area contributed by atoms with Gasteiger partial charge in [-0.25, -0.2) is 0 Å². The first-order valence-electron chi connectivity index (χ1n) is 9.33. The summed E-state index contributed by atoms with van der Waals surface area (Å²) in [4.78, 5) is 33.1. The third kappa shape index (κ3) is 4.80. The lowest BCUT2D eigenvalue weighted by atomic mass is 10.2. The van der Waals surface area contributed by atoms with Gasteiger partial charge in [0.25, 0.3) is 5.91 Å². The van der Waals surface area contributed by atoms with Crippen molar-refractivity contribution in [3.8, 4) is 0 Å². The fourth-order valence-electron chi connectivity index (χ4n) is 3.06. The summed E-state index contributed by atoms with van der Waals surface area (Å²) in [5.41, 5.74) is 2.42. The molecule has 7 heteroatoms. The molecule has 5 nitrogen and oxygen atoms in total. The lowest BCUT2D eigenvalue weighted by Gasteiger charge is -2.29. The quantitative estimate of drug-likeness (QED) is 0.541. The van der Waals surface area contributed by atoms with Crippen LogP contribution in [0.1, 0.15) is 11.3 Å². The van der Waals surface area contributed by atoms with Crippen LogP contribution in [-0.2, 0) is 16.1 Å². The van der Waals surface area contributed by atoms with E-state index in [1.807, 2.05) is 72.8 Å². The van der Waals surface area contributed by atoms with Gasteiger partial charge in [0.1, 0.15) is 6.54 Å². The molecule has 3 aromatic rings. The van der Waals surface area contributed by atoms with E-state index in [4.69, 9.17) is 0 Å². The molecule has 0 spiro atoms. The van der Waals surface area contributed by atoms with Gasteiger partial charge in [0.05, 0.1) is 22.8 Å². The third-order valence-corrected chi connectivity index (χ3v) is 6.04. The lowest BCUT2D eigenvalue weighted by molar-refractivity contribution is -0.122. The average Bonchev–Trinajstić information content (AvgIpc) is 2.76. The summed E-state index contributed by atoms with van der Waals surface area (Å²) in [6.07, 6.45) is 3.54.